The van der Waals surface area contributed by atoms with Crippen molar-refractivity contribution >= 4 is 11.6 Å². The molecule has 0 aliphatic carbocycles. The molecule has 0 radical (unpaired) electrons. The average molecular weight is 222 g/mol. The van der Waals surface area contributed by atoms with Gasteiger partial charge in [-0.15, -0.1) is 0 Å². The van der Waals surface area contributed by atoms with Gasteiger partial charge in [-0.1, -0.05) is 6.07 Å². The van der Waals surface area contributed by atoms with E-state index in [1.165, 1.54) is 0 Å². The summed E-state index contributed by atoms with van der Waals surface area (Å²) in [4.78, 5) is 12.0. The van der Waals surface area contributed by atoms with E-state index in [0.717, 1.165) is 11.3 Å². The molecule has 2 aromatic heterocycles. The highest BCUT2D eigenvalue weighted by atomic mass is 35.5. The highest BCUT2D eigenvalue weighted by Gasteiger charge is 2.02. The molecule has 0 saturated heterocycles. The summed E-state index contributed by atoms with van der Waals surface area (Å²) in [7, 11) is 1.57. The summed E-state index contributed by atoms with van der Waals surface area (Å²) < 4.78 is 5.02. The van der Waals surface area contributed by atoms with E-state index in [1.807, 2.05) is 12.1 Å². The molecule has 0 saturated carbocycles. The molecule has 0 N–H and O–H groups in total. The second-order valence-electron chi connectivity index (χ2n) is 2.81. The van der Waals surface area contributed by atoms with Crippen LogP contribution in [-0.4, -0.2) is 22.1 Å². The minimum absolute atomic E-state index is 0.224. The van der Waals surface area contributed by atoms with Crippen molar-refractivity contribution in [1.29, 1.82) is 0 Å². The van der Waals surface area contributed by atoms with Crippen molar-refractivity contribution in [3.8, 4) is 17.1 Å². The standard InChI is InChI=1S/C10H8ClN3O/c1-15-9-4-2-3-8(14-9)7-5-12-10(11)13-6-7/h2-6H,1H3. The van der Waals surface area contributed by atoms with Gasteiger partial charge < -0.3 is 4.74 Å². The Balaban J connectivity index is 2.40. The highest BCUT2D eigenvalue weighted by Crippen LogP contribution is 2.18. The molecule has 4 nitrogen and oxygen atoms in total. The number of hydrogen-bond acceptors (Lipinski definition) is 4. The first kappa shape index (κ1) is 9.86. The molecule has 2 rings (SSSR count). The van der Waals surface area contributed by atoms with Crippen molar-refractivity contribution in [2.75, 3.05) is 7.11 Å². The highest BCUT2D eigenvalue weighted by molar-refractivity contribution is 6.28. The van der Waals surface area contributed by atoms with Gasteiger partial charge >= 0.3 is 0 Å². The summed E-state index contributed by atoms with van der Waals surface area (Å²) in [5.74, 6) is 0.558. The summed E-state index contributed by atoms with van der Waals surface area (Å²) in [6, 6.07) is 5.49. The minimum atomic E-state index is 0.224. The lowest BCUT2D eigenvalue weighted by atomic mass is 10.2. The maximum atomic E-state index is 5.59. The number of aromatic nitrogens is 3. The Labute approximate surface area is 91.9 Å². The molecule has 0 aliphatic heterocycles. The molecular formula is C10H8ClN3O. The summed E-state index contributed by atoms with van der Waals surface area (Å²) in [5, 5.41) is 0.224. The van der Waals surface area contributed by atoms with Crippen molar-refractivity contribution in [2.45, 2.75) is 0 Å². The van der Waals surface area contributed by atoms with Gasteiger partial charge in [0.1, 0.15) is 0 Å². The van der Waals surface area contributed by atoms with Crippen LogP contribution in [0.4, 0.5) is 0 Å². The van der Waals surface area contributed by atoms with Crippen LogP contribution in [0.15, 0.2) is 30.6 Å². The first-order valence-corrected chi connectivity index (χ1v) is 4.66. The van der Waals surface area contributed by atoms with Gasteiger partial charge in [-0.25, -0.2) is 15.0 Å². The van der Waals surface area contributed by atoms with Crippen LogP contribution in [0.2, 0.25) is 5.28 Å². The topological polar surface area (TPSA) is 47.9 Å². The van der Waals surface area contributed by atoms with Gasteiger partial charge in [-0.05, 0) is 17.7 Å². The zero-order valence-electron chi connectivity index (χ0n) is 8.01. The van der Waals surface area contributed by atoms with Gasteiger partial charge in [0, 0.05) is 24.0 Å². The zero-order chi connectivity index (χ0) is 10.7. The lowest BCUT2D eigenvalue weighted by Crippen LogP contribution is -1.91. The molecule has 0 bridgehead atoms. The molecule has 0 amide bonds. The van der Waals surface area contributed by atoms with Crippen LogP contribution in [0.25, 0.3) is 11.3 Å². The van der Waals surface area contributed by atoms with Crippen molar-refractivity contribution in [1.82, 2.24) is 15.0 Å². The molecule has 15 heavy (non-hydrogen) atoms. The molecule has 0 atom stereocenters. The van der Waals surface area contributed by atoms with Crippen LogP contribution in [0.5, 0.6) is 5.88 Å². The summed E-state index contributed by atoms with van der Waals surface area (Å²) in [5.41, 5.74) is 1.56. The van der Waals surface area contributed by atoms with Crippen molar-refractivity contribution in [3.05, 3.63) is 35.9 Å². The van der Waals surface area contributed by atoms with E-state index in [-0.39, 0.29) is 5.28 Å². The third-order valence-corrected chi connectivity index (χ3v) is 2.04. The number of rotatable bonds is 2. The van der Waals surface area contributed by atoms with Crippen LogP contribution in [-0.2, 0) is 0 Å². The molecule has 2 heterocycles. The Kier molecular flexibility index (Phi) is 2.78. The fourth-order valence-corrected chi connectivity index (χ4v) is 1.23. The Bertz CT molecular complexity index is 458. The zero-order valence-corrected chi connectivity index (χ0v) is 8.77. The minimum Gasteiger partial charge on any atom is -0.481 e. The fourth-order valence-electron chi connectivity index (χ4n) is 1.13. The number of halogens is 1. The van der Waals surface area contributed by atoms with Gasteiger partial charge in [0.2, 0.25) is 11.2 Å². The van der Waals surface area contributed by atoms with E-state index in [2.05, 4.69) is 15.0 Å². The number of ether oxygens (including phenoxy) is 1. The Morgan fingerprint density at radius 1 is 1.20 bits per heavy atom. The molecule has 2 aromatic rings. The lowest BCUT2D eigenvalue weighted by Gasteiger charge is -2.02. The van der Waals surface area contributed by atoms with Crippen LogP contribution >= 0.6 is 11.6 Å². The quantitative estimate of drug-likeness (QED) is 0.730. The van der Waals surface area contributed by atoms with E-state index in [9.17, 15) is 0 Å². The average Bonchev–Trinajstić information content (AvgIpc) is 2.30. The van der Waals surface area contributed by atoms with Crippen LogP contribution < -0.4 is 4.74 Å². The summed E-state index contributed by atoms with van der Waals surface area (Å²) >= 11 is 5.59. The van der Waals surface area contributed by atoms with E-state index in [1.54, 1.807) is 25.6 Å². The van der Waals surface area contributed by atoms with E-state index in [0.29, 0.717) is 5.88 Å². The maximum absolute atomic E-state index is 5.59. The molecule has 0 aliphatic rings. The summed E-state index contributed by atoms with van der Waals surface area (Å²) in [6.45, 7) is 0. The third kappa shape index (κ3) is 2.22. The number of hydrogen-bond donors (Lipinski definition) is 0. The van der Waals surface area contributed by atoms with Crippen molar-refractivity contribution in [3.63, 3.8) is 0 Å². The second-order valence-corrected chi connectivity index (χ2v) is 3.14. The van der Waals surface area contributed by atoms with Gasteiger partial charge in [0.15, 0.2) is 0 Å². The smallest absolute Gasteiger partial charge is 0.222 e. The maximum Gasteiger partial charge on any atom is 0.222 e. The Morgan fingerprint density at radius 3 is 2.60 bits per heavy atom. The predicted molar refractivity (Wildman–Crippen MR) is 56.8 cm³/mol. The van der Waals surface area contributed by atoms with E-state index >= 15 is 0 Å². The molecule has 5 heteroatoms. The van der Waals surface area contributed by atoms with Gasteiger partial charge in [0.05, 0.1) is 12.8 Å². The fraction of sp³-hybridized carbons (Fsp3) is 0.100. The molecule has 0 aromatic carbocycles. The van der Waals surface area contributed by atoms with Gasteiger partial charge in [-0.3, -0.25) is 0 Å². The van der Waals surface area contributed by atoms with E-state index in [4.69, 9.17) is 16.3 Å². The molecule has 0 fully saturated rings. The number of methoxy groups -OCH3 is 1. The Morgan fingerprint density at radius 2 is 1.93 bits per heavy atom. The summed E-state index contributed by atoms with van der Waals surface area (Å²) in [6.07, 6.45) is 3.24. The van der Waals surface area contributed by atoms with Crippen molar-refractivity contribution < 1.29 is 4.74 Å². The predicted octanol–water partition coefficient (Wildman–Crippen LogP) is 2.20. The SMILES string of the molecule is COc1cccc(-c2cnc(Cl)nc2)n1. The monoisotopic (exact) mass is 221 g/mol. The molecule has 76 valence electrons. The van der Waals surface area contributed by atoms with Crippen LogP contribution in [0.3, 0.4) is 0 Å². The first-order chi connectivity index (χ1) is 7.29. The lowest BCUT2D eigenvalue weighted by molar-refractivity contribution is 0.398. The third-order valence-electron chi connectivity index (χ3n) is 1.85. The number of nitrogens with zero attached hydrogens (tertiary/aromatic N) is 3. The van der Waals surface area contributed by atoms with Gasteiger partial charge in [-0.2, -0.15) is 0 Å². The largest absolute Gasteiger partial charge is 0.481 e. The van der Waals surface area contributed by atoms with Crippen molar-refractivity contribution in [2.24, 2.45) is 0 Å². The molecule has 0 unspecified atom stereocenters. The van der Waals surface area contributed by atoms with Crippen LogP contribution in [0, 0.1) is 0 Å². The molecule has 0 spiro atoms. The first-order valence-electron chi connectivity index (χ1n) is 4.28. The normalized spacial score (nSPS) is 10.0. The van der Waals surface area contributed by atoms with E-state index < -0.39 is 0 Å². The molecular weight excluding hydrogens is 214 g/mol. The van der Waals surface area contributed by atoms with Gasteiger partial charge in [0.25, 0.3) is 0 Å². The number of pyridine rings is 1. The Hall–Kier alpha value is -1.68. The second kappa shape index (κ2) is 4.23. The van der Waals surface area contributed by atoms with Crippen LogP contribution in [0.1, 0.15) is 0 Å².